The SMILES string of the molecule is O=C([O-])C(=O)[O-].[NH2-].[NH2-].[NH2-].[NH2-].[Pd+2]. The number of hydrogen-bond acceptors (Lipinski definition) is 4. The molecular formula is C2H8N4O4Pd-4. The molecule has 0 aromatic rings. The summed E-state index contributed by atoms with van der Waals surface area (Å²) in [6, 6.07) is 0. The van der Waals surface area contributed by atoms with E-state index in [2.05, 4.69) is 0 Å². The molecule has 0 spiro atoms. The van der Waals surface area contributed by atoms with Gasteiger partial charge in [-0.05, 0) is 0 Å². The fourth-order valence-corrected chi connectivity index (χ4v) is 0. The zero-order valence-electron chi connectivity index (χ0n) is 5.26. The van der Waals surface area contributed by atoms with E-state index in [1.165, 1.54) is 0 Å². The van der Waals surface area contributed by atoms with Gasteiger partial charge >= 0.3 is 20.4 Å². The molecule has 0 aliphatic heterocycles. The van der Waals surface area contributed by atoms with Crippen LogP contribution >= 0.6 is 0 Å². The van der Waals surface area contributed by atoms with Gasteiger partial charge in [0, 0.05) is 0 Å². The first-order valence-electron chi connectivity index (χ1n) is 1.07. The van der Waals surface area contributed by atoms with Crippen LogP contribution in [0.4, 0.5) is 0 Å². The Kier molecular flexibility index (Phi) is 97.4. The van der Waals surface area contributed by atoms with E-state index in [4.69, 9.17) is 19.8 Å². The Morgan fingerprint density at radius 2 is 0.818 bits per heavy atom. The molecule has 0 aliphatic rings. The zero-order valence-corrected chi connectivity index (χ0v) is 6.81. The molecule has 0 fully saturated rings. The van der Waals surface area contributed by atoms with Gasteiger partial charge in [0.15, 0.2) is 0 Å². The Hall–Kier alpha value is -0.558. The summed E-state index contributed by atoms with van der Waals surface area (Å²) in [5.41, 5.74) is 0. The van der Waals surface area contributed by atoms with Crippen LogP contribution in [-0.4, -0.2) is 11.9 Å². The fraction of sp³-hybridized carbons (Fsp3) is 0. The van der Waals surface area contributed by atoms with Gasteiger partial charge in [-0.2, -0.15) is 0 Å². The van der Waals surface area contributed by atoms with E-state index < -0.39 is 11.9 Å². The molecule has 0 saturated carbocycles. The van der Waals surface area contributed by atoms with E-state index in [-0.39, 0.29) is 45.0 Å². The van der Waals surface area contributed by atoms with Gasteiger partial charge in [0.2, 0.25) is 0 Å². The van der Waals surface area contributed by atoms with Crippen LogP contribution in [-0.2, 0) is 30.0 Å². The van der Waals surface area contributed by atoms with Gasteiger partial charge in [-0.15, -0.1) is 0 Å². The summed E-state index contributed by atoms with van der Waals surface area (Å²) in [5, 5.41) is 17.9. The summed E-state index contributed by atoms with van der Waals surface area (Å²) >= 11 is 0. The smallest absolute Gasteiger partial charge is 0.693 e. The molecule has 0 rings (SSSR count). The molecule has 0 saturated heterocycles. The first-order valence-corrected chi connectivity index (χ1v) is 1.07. The first-order chi connectivity index (χ1) is 2.64. The van der Waals surface area contributed by atoms with Crippen molar-refractivity contribution in [2.45, 2.75) is 0 Å². The van der Waals surface area contributed by atoms with Crippen LogP contribution in [0.2, 0.25) is 0 Å². The van der Waals surface area contributed by atoms with Crippen molar-refractivity contribution in [2.24, 2.45) is 0 Å². The summed E-state index contributed by atoms with van der Waals surface area (Å²) in [6.07, 6.45) is 0. The van der Waals surface area contributed by atoms with Gasteiger partial charge < -0.3 is 44.4 Å². The summed E-state index contributed by atoms with van der Waals surface area (Å²) in [5.74, 6) is -4.37. The number of carbonyl (C=O) groups is 2. The van der Waals surface area contributed by atoms with Crippen LogP contribution in [0.5, 0.6) is 0 Å². The van der Waals surface area contributed by atoms with Gasteiger partial charge in [-0.1, -0.05) is 0 Å². The Morgan fingerprint density at radius 1 is 0.727 bits per heavy atom. The molecule has 0 radical (unpaired) electrons. The summed E-state index contributed by atoms with van der Waals surface area (Å²) in [6.45, 7) is 0. The topological polar surface area (TPSA) is 214 Å². The molecular weight excluding hydrogens is 250 g/mol. The third kappa shape index (κ3) is 44.1. The molecule has 9 heteroatoms. The predicted molar refractivity (Wildman–Crippen MR) is 31.2 cm³/mol. The average molecular weight is 259 g/mol. The van der Waals surface area contributed by atoms with Crippen LogP contribution in [0, 0.1) is 0 Å². The second kappa shape index (κ2) is 22.7. The number of hydrogen-bond donors (Lipinski definition) is 0. The Morgan fingerprint density at radius 3 is 0.818 bits per heavy atom. The fourth-order valence-electron chi connectivity index (χ4n) is 0. The minimum atomic E-state index is -2.19. The van der Waals surface area contributed by atoms with Gasteiger partial charge in [0.05, 0.1) is 11.9 Å². The minimum absolute atomic E-state index is 0. The normalized spacial score (nSPS) is 4.00. The van der Waals surface area contributed by atoms with Crippen molar-refractivity contribution in [3.8, 4) is 0 Å². The zero-order chi connectivity index (χ0) is 5.15. The number of carbonyl (C=O) groups excluding carboxylic acids is 2. The van der Waals surface area contributed by atoms with Crippen molar-refractivity contribution in [3.63, 3.8) is 0 Å². The number of rotatable bonds is 0. The van der Waals surface area contributed by atoms with Crippen LogP contribution in [0.25, 0.3) is 24.6 Å². The van der Waals surface area contributed by atoms with E-state index in [1.54, 1.807) is 0 Å². The maximum atomic E-state index is 8.93. The Labute approximate surface area is 77.3 Å². The van der Waals surface area contributed by atoms with E-state index in [9.17, 15) is 0 Å². The third-order valence-corrected chi connectivity index (χ3v) is 0.167. The van der Waals surface area contributed by atoms with Crippen LogP contribution in [0.3, 0.4) is 0 Å². The van der Waals surface area contributed by atoms with Gasteiger partial charge in [0.1, 0.15) is 0 Å². The molecule has 8 nitrogen and oxygen atoms in total. The van der Waals surface area contributed by atoms with E-state index in [0.29, 0.717) is 0 Å². The van der Waals surface area contributed by atoms with Crippen molar-refractivity contribution in [1.29, 1.82) is 0 Å². The van der Waals surface area contributed by atoms with Crippen LogP contribution in [0.15, 0.2) is 0 Å². The van der Waals surface area contributed by atoms with Crippen LogP contribution < -0.4 is 10.2 Å². The van der Waals surface area contributed by atoms with Gasteiger partial charge in [0.25, 0.3) is 0 Å². The largest absolute Gasteiger partial charge is 2.00 e. The molecule has 8 N–H and O–H groups in total. The molecule has 0 aromatic carbocycles. The molecule has 0 bridgehead atoms. The molecule has 0 aliphatic carbocycles. The molecule has 0 atom stereocenters. The summed E-state index contributed by atoms with van der Waals surface area (Å²) < 4.78 is 0. The maximum Gasteiger partial charge on any atom is 2.00 e. The molecule has 74 valence electrons. The average Bonchev–Trinajstić information content (AvgIpc) is 1.36. The van der Waals surface area contributed by atoms with Gasteiger partial charge in [-0.3, -0.25) is 0 Å². The number of nitrogens with two attached hydrogens (primary N) is 4. The van der Waals surface area contributed by atoms with Crippen LogP contribution in [0.1, 0.15) is 0 Å². The van der Waals surface area contributed by atoms with Crippen molar-refractivity contribution >= 4 is 11.9 Å². The molecule has 0 heterocycles. The number of aliphatic carboxylic acids is 2. The Bertz CT molecular complexity index is 86.1. The van der Waals surface area contributed by atoms with Crippen molar-refractivity contribution < 1.29 is 40.2 Å². The first kappa shape index (κ1) is 47.2. The van der Waals surface area contributed by atoms with Gasteiger partial charge in [-0.25, -0.2) is 0 Å². The Balaban J connectivity index is -0.0000000125. The predicted octanol–water partition coefficient (Wildman–Crippen LogP) is -0.648. The molecule has 11 heavy (non-hydrogen) atoms. The van der Waals surface area contributed by atoms with E-state index >= 15 is 0 Å². The molecule has 0 unspecified atom stereocenters. The monoisotopic (exact) mass is 258 g/mol. The van der Waals surface area contributed by atoms with Crippen molar-refractivity contribution in [3.05, 3.63) is 24.6 Å². The second-order valence-corrected chi connectivity index (χ2v) is 0.575. The number of carboxylic acids is 2. The van der Waals surface area contributed by atoms with Crippen molar-refractivity contribution in [1.82, 2.24) is 0 Å². The molecule has 0 aromatic heterocycles. The summed E-state index contributed by atoms with van der Waals surface area (Å²) in [4.78, 5) is 17.9. The van der Waals surface area contributed by atoms with E-state index in [0.717, 1.165) is 0 Å². The minimum Gasteiger partial charge on any atom is -0.693 e. The molecule has 0 amide bonds. The third-order valence-electron chi connectivity index (χ3n) is 0.167. The quantitative estimate of drug-likeness (QED) is 0.408. The standard InChI is InChI=1S/C2H2O4.4H2N.Pd/c3-1(4)2(5)6;;;;;/h(H,3,4)(H,5,6);4*1H2;/q;4*-1;+2/p-2. The van der Waals surface area contributed by atoms with E-state index in [1.807, 2.05) is 0 Å². The van der Waals surface area contributed by atoms with Crippen molar-refractivity contribution in [2.75, 3.05) is 0 Å². The number of carboxylic acid groups (broad SMARTS) is 2. The summed E-state index contributed by atoms with van der Waals surface area (Å²) in [7, 11) is 0. The second-order valence-electron chi connectivity index (χ2n) is 0.575. The maximum absolute atomic E-state index is 8.93.